The first kappa shape index (κ1) is 19.0. The Morgan fingerprint density at radius 2 is 1.88 bits per heavy atom. The fourth-order valence-electron chi connectivity index (χ4n) is 3.03. The maximum absolute atomic E-state index is 12.6. The Balaban J connectivity index is 1.64. The SMILES string of the molecule is CC(C(=O)NC1CCCCC1)S(=O)(=O)Cc1nnc(-c2ccccc2)s1. The Morgan fingerprint density at radius 1 is 1.19 bits per heavy atom. The van der Waals surface area contributed by atoms with E-state index in [4.69, 9.17) is 0 Å². The van der Waals surface area contributed by atoms with Gasteiger partial charge in [0.2, 0.25) is 5.91 Å². The van der Waals surface area contributed by atoms with E-state index in [0.717, 1.165) is 31.2 Å². The third kappa shape index (κ3) is 4.67. The van der Waals surface area contributed by atoms with Crippen molar-refractivity contribution in [1.82, 2.24) is 15.5 Å². The van der Waals surface area contributed by atoms with Crippen LogP contribution in [0.15, 0.2) is 30.3 Å². The van der Waals surface area contributed by atoms with Crippen molar-refractivity contribution in [3.05, 3.63) is 35.3 Å². The van der Waals surface area contributed by atoms with Gasteiger partial charge in [0.15, 0.2) is 9.84 Å². The summed E-state index contributed by atoms with van der Waals surface area (Å²) in [5.74, 6) is -0.679. The van der Waals surface area contributed by atoms with Gasteiger partial charge in [0.05, 0.1) is 0 Å². The molecule has 6 nitrogen and oxygen atoms in total. The quantitative estimate of drug-likeness (QED) is 0.815. The van der Waals surface area contributed by atoms with Crippen LogP contribution in [0.25, 0.3) is 10.6 Å². The van der Waals surface area contributed by atoms with Gasteiger partial charge in [-0.25, -0.2) is 8.42 Å². The highest BCUT2D eigenvalue weighted by atomic mass is 32.2. The van der Waals surface area contributed by atoms with E-state index in [1.807, 2.05) is 30.3 Å². The third-order valence-corrected chi connectivity index (χ3v) is 7.79. The average Bonchev–Trinajstić information content (AvgIpc) is 3.10. The number of hydrogen-bond acceptors (Lipinski definition) is 6. The van der Waals surface area contributed by atoms with Crippen molar-refractivity contribution in [2.75, 3.05) is 0 Å². The number of benzene rings is 1. The largest absolute Gasteiger partial charge is 0.352 e. The molecule has 8 heteroatoms. The number of amides is 1. The summed E-state index contributed by atoms with van der Waals surface area (Å²) in [5, 5.41) is 10.9. The van der Waals surface area contributed by atoms with Crippen LogP contribution in [0.5, 0.6) is 0 Å². The van der Waals surface area contributed by atoms with E-state index >= 15 is 0 Å². The fourth-order valence-corrected chi connectivity index (χ4v) is 5.45. The van der Waals surface area contributed by atoms with E-state index in [1.54, 1.807) is 0 Å². The molecule has 1 aliphatic carbocycles. The lowest BCUT2D eigenvalue weighted by molar-refractivity contribution is -0.121. The monoisotopic (exact) mass is 393 g/mol. The van der Waals surface area contributed by atoms with Crippen LogP contribution >= 0.6 is 11.3 Å². The van der Waals surface area contributed by atoms with Crippen LogP contribution in [-0.2, 0) is 20.4 Å². The van der Waals surface area contributed by atoms with E-state index in [0.29, 0.717) is 10.0 Å². The molecular formula is C18H23N3O3S2. The molecule has 1 aromatic carbocycles. The van der Waals surface area contributed by atoms with Gasteiger partial charge in [-0.05, 0) is 19.8 Å². The van der Waals surface area contributed by atoms with Gasteiger partial charge < -0.3 is 5.32 Å². The van der Waals surface area contributed by atoms with Crippen molar-refractivity contribution >= 4 is 27.1 Å². The molecule has 1 saturated carbocycles. The first-order chi connectivity index (χ1) is 12.5. The van der Waals surface area contributed by atoms with Crippen LogP contribution in [0, 0.1) is 0 Å². The highest BCUT2D eigenvalue weighted by molar-refractivity contribution is 7.92. The molecular weight excluding hydrogens is 370 g/mol. The topological polar surface area (TPSA) is 89.0 Å². The zero-order chi connectivity index (χ0) is 18.6. The molecule has 1 heterocycles. The Kier molecular flexibility index (Phi) is 6.03. The second-order valence-electron chi connectivity index (χ2n) is 6.66. The van der Waals surface area contributed by atoms with Crippen molar-refractivity contribution in [2.24, 2.45) is 0 Å². The van der Waals surface area contributed by atoms with Crippen LogP contribution in [0.2, 0.25) is 0 Å². The summed E-state index contributed by atoms with van der Waals surface area (Å²) in [7, 11) is -3.64. The summed E-state index contributed by atoms with van der Waals surface area (Å²) in [4.78, 5) is 12.4. The summed E-state index contributed by atoms with van der Waals surface area (Å²) in [5.41, 5.74) is 0.900. The van der Waals surface area contributed by atoms with Crippen LogP contribution in [-0.4, -0.2) is 35.8 Å². The predicted octanol–water partition coefficient (Wildman–Crippen LogP) is 2.96. The van der Waals surface area contributed by atoms with Crippen molar-refractivity contribution in [1.29, 1.82) is 0 Å². The van der Waals surface area contributed by atoms with Gasteiger partial charge >= 0.3 is 0 Å². The van der Waals surface area contributed by atoms with Crippen molar-refractivity contribution in [2.45, 2.75) is 56.1 Å². The second kappa shape index (κ2) is 8.26. The molecule has 2 aromatic rings. The summed E-state index contributed by atoms with van der Waals surface area (Å²) in [6.07, 6.45) is 5.20. The molecule has 1 atom stereocenters. The number of nitrogens with one attached hydrogen (secondary N) is 1. The van der Waals surface area contributed by atoms with Gasteiger partial charge in [0.25, 0.3) is 0 Å². The van der Waals surface area contributed by atoms with E-state index in [1.165, 1.54) is 24.7 Å². The molecule has 0 saturated heterocycles. The molecule has 0 spiro atoms. The van der Waals surface area contributed by atoms with Crippen molar-refractivity contribution < 1.29 is 13.2 Å². The number of rotatable bonds is 6. The Hall–Kier alpha value is -1.80. The van der Waals surface area contributed by atoms with Crippen molar-refractivity contribution in [3.63, 3.8) is 0 Å². The molecule has 140 valence electrons. The van der Waals surface area contributed by atoms with Crippen LogP contribution in [0.4, 0.5) is 0 Å². The standard InChI is InChI=1S/C18H23N3O3S2/c1-13(17(22)19-15-10-6-3-7-11-15)26(23,24)12-16-20-21-18(25-16)14-8-4-2-5-9-14/h2,4-5,8-9,13,15H,3,6-7,10-12H2,1H3,(H,19,22). The Morgan fingerprint density at radius 3 is 2.58 bits per heavy atom. The van der Waals surface area contributed by atoms with E-state index in [-0.39, 0.29) is 11.8 Å². The number of carbonyl (C=O) groups excluding carboxylic acids is 1. The molecule has 1 aromatic heterocycles. The van der Waals surface area contributed by atoms with E-state index in [9.17, 15) is 13.2 Å². The molecule has 1 unspecified atom stereocenters. The van der Waals surface area contributed by atoms with Gasteiger partial charge in [-0.15, -0.1) is 10.2 Å². The highest BCUT2D eigenvalue weighted by Gasteiger charge is 2.31. The average molecular weight is 394 g/mol. The molecule has 1 fully saturated rings. The molecule has 0 bridgehead atoms. The maximum Gasteiger partial charge on any atom is 0.238 e. The lowest BCUT2D eigenvalue weighted by atomic mass is 9.95. The summed E-state index contributed by atoms with van der Waals surface area (Å²) in [6.45, 7) is 1.45. The number of aromatic nitrogens is 2. The molecule has 3 rings (SSSR count). The highest BCUT2D eigenvalue weighted by Crippen LogP contribution is 2.25. The number of nitrogens with zero attached hydrogens (tertiary/aromatic N) is 2. The van der Waals surface area contributed by atoms with E-state index in [2.05, 4.69) is 15.5 Å². The molecule has 1 aliphatic rings. The zero-order valence-electron chi connectivity index (χ0n) is 14.7. The molecule has 0 aliphatic heterocycles. The summed E-state index contributed by atoms with van der Waals surface area (Å²) in [6, 6.07) is 9.59. The Bertz CT molecular complexity index is 844. The number of carbonyl (C=O) groups is 1. The normalized spacial score (nSPS) is 17.0. The van der Waals surface area contributed by atoms with Crippen LogP contribution in [0.3, 0.4) is 0 Å². The van der Waals surface area contributed by atoms with Gasteiger partial charge in [-0.3, -0.25) is 4.79 Å². The second-order valence-corrected chi connectivity index (χ2v) is 10.0. The molecule has 26 heavy (non-hydrogen) atoms. The zero-order valence-corrected chi connectivity index (χ0v) is 16.4. The molecule has 1 amide bonds. The lowest BCUT2D eigenvalue weighted by Gasteiger charge is -2.24. The predicted molar refractivity (Wildman–Crippen MR) is 102 cm³/mol. The van der Waals surface area contributed by atoms with Crippen molar-refractivity contribution in [3.8, 4) is 10.6 Å². The fraction of sp³-hybridized carbons (Fsp3) is 0.500. The van der Waals surface area contributed by atoms with E-state index < -0.39 is 21.0 Å². The van der Waals surface area contributed by atoms with Gasteiger partial charge in [-0.1, -0.05) is 60.9 Å². The Labute approximate surface area is 158 Å². The lowest BCUT2D eigenvalue weighted by Crippen LogP contribution is -2.44. The molecule has 0 radical (unpaired) electrons. The smallest absolute Gasteiger partial charge is 0.238 e. The van der Waals surface area contributed by atoms with Crippen LogP contribution < -0.4 is 5.32 Å². The summed E-state index contributed by atoms with van der Waals surface area (Å²) < 4.78 is 25.2. The van der Waals surface area contributed by atoms with Gasteiger partial charge in [0.1, 0.15) is 21.0 Å². The number of sulfone groups is 1. The first-order valence-electron chi connectivity index (χ1n) is 8.85. The molecule has 1 N–H and O–H groups in total. The maximum atomic E-state index is 12.6. The number of hydrogen-bond donors (Lipinski definition) is 1. The van der Waals surface area contributed by atoms with Crippen LogP contribution in [0.1, 0.15) is 44.0 Å². The minimum atomic E-state index is -3.64. The first-order valence-corrected chi connectivity index (χ1v) is 11.4. The minimum Gasteiger partial charge on any atom is -0.352 e. The minimum absolute atomic E-state index is 0.0973. The third-order valence-electron chi connectivity index (χ3n) is 4.67. The summed E-state index contributed by atoms with van der Waals surface area (Å²) >= 11 is 1.24. The van der Waals surface area contributed by atoms with Gasteiger partial charge in [0, 0.05) is 11.6 Å². The van der Waals surface area contributed by atoms with Gasteiger partial charge in [-0.2, -0.15) is 0 Å².